The smallest absolute Gasteiger partial charge is 0.247 e. The van der Waals surface area contributed by atoms with E-state index in [2.05, 4.69) is 21.1 Å². The zero-order chi connectivity index (χ0) is 23.8. The lowest BCUT2D eigenvalue weighted by atomic mass is 10.0. The van der Waals surface area contributed by atoms with E-state index in [0.717, 1.165) is 16.8 Å². The Labute approximate surface area is 193 Å². The largest absolute Gasteiger partial charge is 0.379 e. The first-order valence-corrected chi connectivity index (χ1v) is 12.9. The molecule has 0 spiro atoms. The first-order valence-electron chi connectivity index (χ1n) is 11.0. The van der Waals surface area contributed by atoms with Crippen molar-refractivity contribution in [1.82, 2.24) is 14.8 Å². The third kappa shape index (κ3) is 5.19. The highest BCUT2D eigenvalue weighted by atomic mass is 32.2. The maximum atomic E-state index is 12.9. The Balaban J connectivity index is 1.61. The number of nitrogens with zero attached hydrogens (tertiary/aromatic N) is 2. The number of amides is 2. The van der Waals surface area contributed by atoms with Crippen LogP contribution >= 0.6 is 0 Å². The molecule has 2 saturated heterocycles. The molecule has 2 amide bonds. The van der Waals surface area contributed by atoms with Gasteiger partial charge in [-0.05, 0) is 50.8 Å². The molecule has 2 aromatic rings. The fourth-order valence-corrected chi connectivity index (χ4v) is 5.30. The van der Waals surface area contributed by atoms with Crippen molar-refractivity contribution in [1.29, 1.82) is 0 Å². The van der Waals surface area contributed by atoms with Gasteiger partial charge in [0.1, 0.15) is 11.8 Å². The molecule has 2 atom stereocenters. The summed E-state index contributed by atoms with van der Waals surface area (Å²) in [5, 5.41) is 13.1. The predicted molar refractivity (Wildman–Crippen MR) is 124 cm³/mol. The molecule has 1 aromatic carbocycles. The Hall–Kier alpha value is -2.92. The molecule has 1 aromatic heterocycles. The summed E-state index contributed by atoms with van der Waals surface area (Å²) >= 11 is 0. The molecule has 0 aliphatic carbocycles. The van der Waals surface area contributed by atoms with Gasteiger partial charge in [0, 0.05) is 31.1 Å². The van der Waals surface area contributed by atoms with Crippen LogP contribution in [-0.2, 0) is 19.6 Å². The van der Waals surface area contributed by atoms with Crippen LogP contribution in [0.2, 0.25) is 0 Å². The Morgan fingerprint density at radius 1 is 1.24 bits per heavy atom. The number of aryl methyl sites for hydroxylation is 2. The third-order valence-corrected chi connectivity index (χ3v) is 7.40. The molecule has 3 heterocycles. The minimum atomic E-state index is -3.26. The average Bonchev–Trinajstić information content (AvgIpc) is 3.36. The number of nitrogens with one attached hydrogen (secondary N) is 3. The van der Waals surface area contributed by atoms with Gasteiger partial charge in [-0.2, -0.15) is 0 Å². The van der Waals surface area contributed by atoms with E-state index >= 15 is 0 Å². The normalized spacial score (nSPS) is 21.6. The van der Waals surface area contributed by atoms with E-state index in [1.54, 1.807) is 0 Å². The van der Waals surface area contributed by atoms with Crippen molar-refractivity contribution < 1.29 is 22.5 Å². The highest BCUT2D eigenvalue weighted by Crippen LogP contribution is 2.34. The van der Waals surface area contributed by atoms with Crippen LogP contribution in [0.15, 0.2) is 22.7 Å². The van der Waals surface area contributed by atoms with Gasteiger partial charge in [-0.3, -0.25) is 9.59 Å². The molecule has 178 valence electrons. The lowest BCUT2D eigenvalue weighted by molar-refractivity contribution is -0.128. The van der Waals surface area contributed by atoms with E-state index in [9.17, 15) is 18.0 Å². The molecule has 2 aliphatic heterocycles. The fraction of sp³-hybridized carbons (Fsp3) is 0.500. The second-order valence-corrected chi connectivity index (χ2v) is 10.7. The lowest BCUT2D eigenvalue weighted by Crippen LogP contribution is -2.46. The van der Waals surface area contributed by atoms with E-state index in [-0.39, 0.29) is 17.9 Å². The second kappa shape index (κ2) is 9.14. The number of piperidine rings is 1. The number of hydrogen-bond acceptors (Lipinski definition) is 7. The van der Waals surface area contributed by atoms with Gasteiger partial charge < -0.3 is 20.5 Å². The van der Waals surface area contributed by atoms with Gasteiger partial charge in [0.15, 0.2) is 0 Å². The summed E-state index contributed by atoms with van der Waals surface area (Å²) in [6.07, 6.45) is 3.53. The van der Waals surface area contributed by atoms with Crippen molar-refractivity contribution in [3.63, 3.8) is 0 Å². The average molecular weight is 476 g/mol. The van der Waals surface area contributed by atoms with E-state index in [1.165, 1.54) is 10.6 Å². The molecular weight excluding hydrogens is 446 g/mol. The summed E-state index contributed by atoms with van der Waals surface area (Å²) in [7, 11) is -3.26. The molecule has 3 N–H and O–H groups in total. The Morgan fingerprint density at radius 2 is 2.03 bits per heavy atom. The van der Waals surface area contributed by atoms with Gasteiger partial charge in [-0.25, -0.2) is 12.7 Å². The standard InChI is InChI=1S/C22H29N5O5S/c1-13-21(14(2)32-26-13)15-7-8-17(23-16-9-10-27(12-16)33(3,30)31)19(11-15)25-22(29)18-5-4-6-20(28)24-18/h7-8,11,16,18,23H,4-6,9-10,12H2,1-3H3,(H,24,28)(H,25,29)/t16-,18-/m1/s1. The number of hydrogen-bond donors (Lipinski definition) is 3. The van der Waals surface area contributed by atoms with E-state index in [0.29, 0.717) is 55.9 Å². The van der Waals surface area contributed by atoms with Gasteiger partial charge in [0.05, 0.1) is 23.3 Å². The summed E-state index contributed by atoms with van der Waals surface area (Å²) in [6.45, 7) is 4.49. The molecule has 10 nitrogen and oxygen atoms in total. The minimum absolute atomic E-state index is 0.0883. The quantitative estimate of drug-likeness (QED) is 0.582. The van der Waals surface area contributed by atoms with Gasteiger partial charge >= 0.3 is 0 Å². The van der Waals surface area contributed by atoms with Crippen molar-refractivity contribution in [3.8, 4) is 11.1 Å². The Kier molecular flexibility index (Phi) is 6.44. The minimum Gasteiger partial charge on any atom is -0.379 e. The molecule has 0 bridgehead atoms. The lowest BCUT2D eigenvalue weighted by Gasteiger charge is -2.24. The van der Waals surface area contributed by atoms with Gasteiger partial charge in [0.25, 0.3) is 0 Å². The van der Waals surface area contributed by atoms with Crippen LogP contribution in [0.1, 0.15) is 37.1 Å². The van der Waals surface area contributed by atoms with Crippen LogP contribution in [0.4, 0.5) is 11.4 Å². The summed E-state index contributed by atoms with van der Waals surface area (Å²) in [4.78, 5) is 24.7. The van der Waals surface area contributed by atoms with Crippen molar-refractivity contribution in [2.24, 2.45) is 0 Å². The molecule has 2 aliphatic rings. The second-order valence-electron chi connectivity index (χ2n) is 8.71. The maximum absolute atomic E-state index is 12.9. The van der Waals surface area contributed by atoms with Gasteiger partial charge in [0.2, 0.25) is 21.8 Å². The predicted octanol–water partition coefficient (Wildman–Crippen LogP) is 2.01. The first kappa shape index (κ1) is 23.2. The van der Waals surface area contributed by atoms with Crippen molar-refractivity contribution in [3.05, 3.63) is 29.7 Å². The van der Waals surface area contributed by atoms with E-state index in [4.69, 9.17) is 4.52 Å². The highest BCUT2D eigenvalue weighted by Gasteiger charge is 2.30. The van der Waals surface area contributed by atoms with Crippen molar-refractivity contribution >= 4 is 33.2 Å². The summed E-state index contributed by atoms with van der Waals surface area (Å²) < 4.78 is 30.5. The number of anilines is 2. The van der Waals surface area contributed by atoms with E-state index < -0.39 is 16.1 Å². The number of rotatable bonds is 6. The number of sulfonamides is 1. The van der Waals surface area contributed by atoms with Crippen LogP contribution in [0.3, 0.4) is 0 Å². The van der Waals surface area contributed by atoms with Crippen LogP contribution in [0.25, 0.3) is 11.1 Å². The highest BCUT2D eigenvalue weighted by molar-refractivity contribution is 7.88. The summed E-state index contributed by atoms with van der Waals surface area (Å²) in [5.74, 6) is 0.256. The number of aromatic nitrogens is 1. The van der Waals surface area contributed by atoms with Crippen LogP contribution in [0, 0.1) is 13.8 Å². The molecule has 33 heavy (non-hydrogen) atoms. The summed E-state index contributed by atoms with van der Waals surface area (Å²) in [6, 6.07) is 4.94. The maximum Gasteiger partial charge on any atom is 0.247 e. The number of carbonyl (C=O) groups is 2. The van der Waals surface area contributed by atoms with Gasteiger partial charge in [-0.15, -0.1) is 0 Å². The van der Waals surface area contributed by atoms with Crippen molar-refractivity contribution in [2.45, 2.75) is 51.6 Å². The monoisotopic (exact) mass is 475 g/mol. The zero-order valence-electron chi connectivity index (χ0n) is 19.0. The van der Waals surface area contributed by atoms with Gasteiger partial charge in [-0.1, -0.05) is 11.2 Å². The Bertz CT molecular complexity index is 1160. The molecule has 11 heteroatoms. The van der Waals surface area contributed by atoms with Crippen LogP contribution < -0.4 is 16.0 Å². The van der Waals surface area contributed by atoms with E-state index in [1.807, 2.05) is 32.0 Å². The van der Waals surface area contributed by atoms with Crippen molar-refractivity contribution in [2.75, 3.05) is 30.0 Å². The molecule has 2 fully saturated rings. The number of benzene rings is 1. The van der Waals surface area contributed by atoms with Crippen LogP contribution in [-0.4, -0.2) is 61.1 Å². The Morgan fingerprint density at radius 3 is 2.67 bits per heavy atom. The molecule has 0 saturated carbocycles. The zero-order valence-corrected chi connectivity index (χ0v) is 19.8. The number of carbonyl (C=O) groups excluding carboxylic acids is 2. The molecule has 4 rings (SSSR count). The molecule has 0 unspecified atom stereocenters. The SMILES string of the molecule is Cc1noc(C)c1-c1ccc(N[C@@H]2CCN(S(C)(=O)=O)C2)c(NC(=O)[C@H]2CCCC(=O)N2)c1. The summed E-state index contributed by atoms with van der Waals surface area (Å²) in [5.41, 5.74) is 3.66. The first-order chi connectivity index (χ1) is 15.6. The molecule has 0 radical (unpaired) electrons. The third-order valence-electron chi connectivity index (χ3n) is 6.13. The van der Waals surface area contributed by atoms with Crippen LogP contribution in [0.5, 0.6) is 0 Å². The fourth-order valence-electron chi connectivity index (χ4n) is 4.41. The molecular formula is C22H29N5O5S. The topological polar surface area (TPSA) is 134 Å².